The fourth-order valence-electron chi connectivity index (χ4n) is 3.87. The molecule has 174 valence electrons. The molecule has 0 aliphatic carbocycles. The van der Waals surface area contributed by atoms with Gasteiger partial charge in [0, 0.05) is 36.8 Å². The number of nitrogens with zero attached hydrogens (tertiary/aromatic N) is 3. The average molecular weight is 477 g/mol. The van der Waals surface area contributed by atoms with Gasteiger partial charge in [0.1, 0.15) is 16.8 Å². The number of rotatable bonds is 8. The first-order valence-electron chi connectivity index (χ1n) is 11.1. The van der Waals surface area contributed by atoms with E-state index in [1.807, 2.05) is 54.6 Å². The molecule has 34 heavy (non-hydrogen) atoms. The Morgan fingerprint density at radius 2 is 1.74 bits per heavy atom. The molecule has 2 aromatic carbocycles. The topological polar surface area (TPSA) is 95.4 Å². The van der Waals surface area contributed by atoms with Gasteiger partial charge in [0.15, 0.2) is 0 Å². The summed E-state index contributed by atoms with van der Waals surface area (Å²) in [4.78, 5) is 34.6. The second-order valence-corrected chi connectivity index (χ2v) is 8.46. The number of hydrogen-bond acceptors (Lipinski definition) is 5. The molecule has 0 unspecified atom stereocenters. The standard InChI is InChI=1S/C26H25ClN4O3/c27-25-21(17-24(33)34)26(31-14-4-5-15-31)30-22(29-25)16-19-8-11-20(12-9-19)28-23(32)13-10-18-6-2-1-3-7-18/h1-3,6-13H,4-5,14-17H2,(H,28,32)(H,33,34)/b13-10+. The summed E-state index contributed by atoms with van der Waals surface area (Å²) in [7, 11) is 0. The largest absolute Gasteiger partial charge is 0.481 e. The van der Waals surface area contributed by atoms with Crippen molar-refractivity contribution in [2.75, 3.05) is 23.3 Å². The Hall–Kier alpha value is -3.71. The number of aliphatic carboxylic acids is 1. The lowest BCUT2D eigenvalue weighted by Gasteiger charge is -2.21. The Kier molecular flexibility index (Phi) is 7.54. The van der Waals surface area contributed by atoms with Crippen LogP contribution in [0.25, 0.3) is 6.08 Å². The minimum Gasteiger partial charge on any atom is -0.481 e. The highest BCUT2D eigenvalue weighted by molar-refractivity contribution is 6.30. The summed E-state index contributed by atoms with van der Waals surface area (Å²) < 4.78 is 0. The van der Waals surface area contributed by atoms with Gasteiger partial charge in [-0.25, -0.2) is 9.97 Å². The highest BCUT2D eigenvalue weighted by Gasteiger charge is 2.23. The van der Waals surface area contributed by atoms with Crippen LogP contribution in [0.1, 0.15) is 35.4 Å². The van der Waals surface area contributed by atoms with Crippen molar-refractivity contribution in [2.45, 2.75) is 25.7 Å². The van der Waals surface area contributed by atoms with Crippen LogP contribution in [0.2, 0.25) is 5.15 Å². The number of amides is 1. The van der Waals surface area contributed by atoms with E-state index in [-0.39, 0.29) is 17.5 Å². The molecule has 4 rings (SSSR count). The maximum absolute atomic E-state index is 12.2. The smallest absolute Gasteiger partial charge is 0.308 e. The molecular formula is C26H25ClN4O3. The summed E-state index contributed by atoms with van der Waals surface area (Å²) in [6.45, 7) is 1.65. The highest BCUT2D eigenvalue weighted by atomic mass is 35.5. The van der Waals surface area contributed by atoms with Crippen molar-refractivity contribution in [2.24, 2.45) is 0 Å². The van der Waals surface area contributed by atoms with Gasteiger partial charge in [0.05, 0.1) is 6.42 Å². The number of anilines is 2. The molecule has 2 N–H and O–H groups in total. The summed E-state index contributed by atoms with van der Waals surface area (Å²) in [5.74, 6) is -0.0291. The molecule has 7 nitrogen and oxygen atoms in total. The van der Waals surface area contributed by atoms with Crippen molar-refractivity contribution in [1.29, 1.82) is 0 Å². The van der Waals surface area contributed by atoms with Crippen LogP contribution in [-0.2, 0) is 22.4 Å². The van der Waals surface area contributed by atoms with Crippen LogP contribution in [0.15, 0.2) is 60.7 Å². The van der Waals surface area contributed by atoms with E-state index < -0.39 is 5.97 Å². The van der Waals surface area contributed by atoms with Gasteiger partial charge in [-0.2, -0.15) is 0 Å². The number of carboxylic acids is 1. The molecule has 3 aromatic rings. The third-order valence-electron chi connectivity index (χ3n) is 5.53. The number of hydrogen-bond donors (Lipinski definition) is 2. The van der Waals surface area contributed by atoms with E-state index in [1.54, 1.807) is 6.08 Å². The van der Waals surface area contributed by atoms with Crippen LogP contribution >= 0.6 is 11.6 Å². The van der Waals surface area contributed by atoms with Crippen molar-refractivity contribution in [3.8, 4) is 0 Å². The van der Waals surface area contributed by atoms with Crippen LogP contribution in [-0.4, -0.2) is 40.0 Å². The fourth-order valence-corrected chi connectivity index (χ4v) is 4.12. The third-order valence-corrected chi connectivity index (χ3v) is 5.84. The fraction of sp³-hybridized carbons (Fsp3) is 0.231. The minimum atomic E-state index is -0.963. The predicted octanol–water partition coefficient (Wildman–Crippen LogP) is 4.60. The summed E-state index contributed by atoms with van der Waals surface area (Å²) >= 11 is 6.38. The third kappa shape index (κ3) is 6.20. The molecule has 0 spiro atoms. The highest BCUT2D eigenvalue weighted by Crippen LogP contribution is 2.28. The van der Waals surface area contributed by atoms with E-state index in [4.69, 9.17) is 11.6 Å². The normalized spacial score (nSPS) is 13.4. The maximum Gasteiger partial charge on any atom is 0.308 e. The molecule has 0 saturated carbocycles. The number of benzene rings is 2. The van der Waals surface area contributed by atoms with Gasteiger partial charge >= 0.3 is 5.97 Å². The van der Waals surface area contributed by atoms with E-state index in [0.29, 0.717) is 29.3 Å². The molecule has 0 radical (unpaired) electrons. The minimum absolute atomic E-state index is 0.184. The summed E-state index contributed by atoms with van der Waals surface area (Å²) in [6, 6.07) is 17.1. The quantitative estimate of drug-likeness (QED) is 0.364. The molecular weight excluding hydrogens is 452 g/mol. The van der Waals surface area contributed by atoms with Gasteiger partial charge in [-0.3, -0.25) is 9.59 Å². The lowest BCUT2D eigenvalue weighted by molar-refractivity contribution is -0.136. The number of nitrogens with one attached hydrogen (secondary N) is 1. The Balaban J connectivity index is 1.45. The Bertz CT molecular complexity index is 1190. The molecule has 1 amide bonds. The van der Waals surface area contributed by atoms with Gasteiger partial charge in [-0.05, 0) is 42.2 Å². The lowest BCUT2D eigenvalue weighted by atomic mass is 10.1. The van der Waals surface area contributed by atoms with Crippen molar-refractivity contribution >= 4 is 41.1 Å². The number of halogens is 1. The van der Waals surface area contributed by atoms with Gasteiger partial charge < -0.3 is 15.3 Å². The number of carbonyl (C=O) groups is 2. The van der Waals surface area contributed by atoms with E-state index >= 15 is 0 Å². The zero-order valence-electron chi connectivity index (χ0n) is 18.6. The molecule has 1 aliphatic heterocycles. The van der Waals surface area contributed by atoms with Gasteiger partial charge in [-0.15, -0.1) is 0 Å². The van der Waals surface area contributed by atoms with Gasteiger partial charge in [0.25, 0.3) is 0 Å². The molecule has 1 saturated heterocycles. The number of aromatic nitrogens is 2. The molecule has 1 fully saturated rings. The SMILES string of the molecule is O=C(O)Cc1c(Cl)nc(Cc2ccc(NC(=O)/C=C/c3ccccc3)cc2)nc1N1CCCC1. The molecule has 2 heterocycles. The van der Waals surface area contributed by atoms with E-state index in [1.165, 1.54) is 6.08 Å². The number of carbonyl (C=O) groups excluding carboxylic acids is 1. The lowest BCUT2D eigenvalue weighted by Crippen LogP contribution is -2.23. The zero-order chi connectivity index (χ0) is 23.9. The van der Waals surface area contributed by atoms with E-state index in [9.17, 15) is 14.7 Å². The summed E-state index contributed by atoms with van der Waals surface area (Å²) in [5.41, 5.74) is 3.04. The van der Waals surface area contributed by atoms with Crippen molar-refractivity contribution in [3.05, 3.63) is 88.3 Å². The molecule has 1 aromatic heterocycles. The van der Waals surface area contributed by atoms with Crippen LogP contribution in [0, 0.1) is 0 Å². The molecule has 0 bridgehead atoms. The average Bonchev–Trinajstić information content (AvgIpc) is 3.36. The summed E-state index contributed by atoms with van der Waals surface area (Å²) in [6.07, 6.45) is 5.57. The van der Waals surface area contributed by atoms with Gasteiger partial charge in [-0.1, -0.05) is 54.1 Å². The monoisotopic (exact) mass is 476 g/mol. The summed E-state index contributed by atoms with van der Waals surface area (Å²) in [5, 5.41) is 12.3. The van der Waals surface area contributed by atoms with Crippen molar-refractivity contribution < 1.29 is 14.7 Å². The maximum atomic E-state index is 12.2. The first-order chi connectivity index (χ1) is 16.5. The van der Waals surface area contributed by atoms with Crippen molar-refractivity contribution in [3.63, 3.8) is 0 Å². The molecule has 0 atom stereocenters. The van der Waals surface area contributed by atoms with Crippen LogP contribution in [0.4, 0.5) is 11.5 Å². The molecule has 1 aliphatic rings. The van der Waals surface area contributed by atoms with Crippen LogP contribution < -0.4 is 10.2 Å². The van der Waals surface area contributed by atoms with E-state index in [0.717, 1.165) is 37.1 Å². The van der Waals surface area contributed by atoms with Gasteiger partial charge in [0.2, 0.25) is 5.91 Å². The Labute approximate surface area is 203 Å². The van der Waals surface area contributed by atoms with Crippen LogP contribution in [0.3, 0.4) is 0 Å². The van der Waals surface area contributed by atoms with Crippen molar-refractivity contribution in [1.82, 2.24) is 9.97 Å². The first kappa shape index (κ1) is 23.4. The number of carboxylic acid groups (broad SMARTS) is 1. The Morgan fingerprint density at radius 1 is 1.03 bits per heavy atom. The second kappa shape index (κ2) is 10.9. The Morgan fingerprint density at radius 3 is 2.41 bits per heavy atom. The second-order valence-electron chi connectivity index (χ2n) is 8.10. The predicted molar refractivity (Wildman–Crippen MR) is 133 cm³/mol. The van der Waals surface area contributed by atoms with Crippen LogP contribution in [0.5, 0.6) is 0 Å². The first-order valence-corrected chi connectivity index (χ1v) is 11.5. The zero-order valence-corrected chi connectivity index (χ0v) is 19.3. The van der Waals surface area contributed by atoms with E-state index in [2.05, 4.69) is 20.2 Å². The molecule has 8 heteroatoms.